The van der Waals surface area contributed by atoms with Crippen molar-refractivity contribution in [1.29, 1.82) is 0 Å². The number of alkyl halides is 3. The molecule has 150 valence electrons. The van der Waals surface area contributed by atoms with Gasteiger partial charge in [-0.1, -0.05) is 19.1 Å². The van der Waals surface area contributed by atoms with Gasteiger partial charge in [0.25, 0.3) is 0 Å². The quantitative estimate of drug-likeness (QED) is 0.774. The van der Waals surface area contributed by atoms with Gasteiger partial charge in [-0.05, 0) is 44.5 Å². The Hall–Kier alpha value is -2.77. The smallest absolute Gasteiger partial charge is 0.416 e. The number of fused-ring (bicyclic) bond motifs is 1. The number of benzene rings is 1. The van der Waals surface area contributed by atoms with E-state index < -0.39 is 23.4 Å². The number of hydrogen-bond donors (Lipinski definition) is 1. The minimum absolute atomic E-state index is 0.000346. The predicted molar refractivity (Wildman–Crippen MR) is 99.2 cm³/mol. The van der Waals surface area contributed by atoms with Crippen LogP contribution >= 0.6 is 0 Å². The van der Waals surface area contributed by atoms with Crippen molar-refractivity contribution in [2.75, 3.05) is 0 Å². The molecule has 0 fully saturated rings. The van der Waals surface area contributed by atoms with Crippen LogP contribution in [0.2, 0.25) is 0 Å². The number of amides is 1. The van der Waals surface area contributed by atoms with Crippen molar-refractivity contribution in [3.63, 3.8) is 0 Å². The number of aromatic nitrogens is 2. The fourth-order valence-electron chi connectivity index (χ4n) is 2.98. The summed E-state index contributed by atoms with van der Waals surface area (Å²) in [4.78, 5) is 12.1. The second kappa shape index (κ2) is 7.00. The van der Waals surface area contributed by atoms with Gasteiger partial charge in [0.05, 0.1) is 17.5 Å². The maximum absolute atomic E-state index is 12.8. The van der Waals surface area contributed by atoms with E-state index in [1.165, 1.54) is 12.1 Å². The second-order valence-corrected chi connectivity index (χ2v) is 7.83. The zero-order chi connectivity index (χ0) is 20.7. The Balaban J connectivity index is 1.89. The molecular weight excluding hydrogens is 371 g/mol. The molecule has 1 aliphatic heterocycles. The molecule has 1 N–H and O–H groups in total. The average molecular weight is 393 g/mol. The summed E-state index contributed by atoms with van der Waals surface area (Å²) >= 11 is 0. The van der Waals surface area contributed by atoms with Gasteiger partial charge in [0.1, 0.15) is 5.60 Å². The van der Waals surface area contributed by atoms with Gasteiger partial charge in [-0.25, -0.2) is 4.79 Å². The normalized spacial score (nSPS) is 17.0. The molecule has 0 saturated carbocycles. The maximum Gasteiger partial charge on any atom is 0.416 e. The van der Waals surface area contributed by atoms with Crippen LogP contribution in [0, 0.1) is 5.92 Å². The fourth-order valence-corrected chi connectivity index (χ4v) is 2.98. The highest BCUT2D eigenvalue weighted by Gasteiger charge is 2.30. The number of ether oxygens (including phenoxy) is 1. The summed E-state index contributed by atoms with van der Waals surface area (Å²) in [7, 11) is 0. The van der Waals surface area contributed by atoms with Crippen LogP contribution in [-0.4, -0.2) is 21.5 Å². The van der Waals surface area contributed by atoms with Gasteiger partial charge >= 0.3 is 12.3 Å². The van der Waals surface area contributed by atoms with E-state index in [0.717, 1.165) is 17.8 Å². The van der Waals surface area contributed by atoms with E-state index >= 15 is 0 Å². The van der Waals surface area contributed by atoms with E-state index in [9.17, 15) is 18.0 Å². The molecule has 0 bridgehead atoms. The minimum Gasteiger partial charge on any atom is -0.444 e. The van der Waals surface area contributed by atoms with E-state index in [1.54, 1.807) is 37.7 Å². The van der Waals surface area contributed by atoms with Crippen LogP contribution in [0.1, 0.15) is 39.0 Å². The van der Waals surface area contributed by atoms with Crippen molar-refractivity contribution in [3.05, 3.63) is 47.4 Å². The maximum atomic E-state index is 12.8. The second-order valence-electron chi connectivity index (χ2n) is 7.83. The lowest BCUT2D eigenvalue weighted by molar-refractivity contribution is -0.137. The van der Waals surface area contributed by atoms with Crippen LogP contribution in [0.15, 0.2) is 36.2 Å². The van der Waals surface area contributed by atoms with Crippen LogP contribution in [0.25, 0.3) is 17.2 Å². The number of alkyl carbamates (subject to hydrolysis) is 1. The van der Waals surface area contributed by atoms with Gasteiger partial charge < -0.3 is 4.74 Å². The Labute approximate surface area is 161 Å². The minimum atomic E-state index is -4.38. The summed E-state index contributed by atoms with van der Waals surface area (Å²) in [6.07, 6.45) is -1.51. The van der Waals surface area contributed by atoms with E-state index in [-0.39, 0.29) is 5.92 Å². The van der Waals surface area contributed by atoms with Crippen LogP contribution in [0.5, 0.6) is 0 Å². The number of carbonyl (C=O) groups excluding carboxylic acids is 1. The molecule has 28 heavy (non-hydrogen) atoms. The molecule has 1 atom stereocenters. The SMILES string of the molecule is CC1Cn2ncc(-c3ccc(C(F)(F)F)cc3)c2C=C1NC(=O)OC(C)(C)C. The van der Waals surface area contributed by atoms with Gasteiger partial charge in [0.15, 0.2) is 0 Å². The van der Waals surface area contributed by atoms with Crippen molar-refractivity contribution in [2.24, 2.45) is 5.92 Å². The molecule has 2 heterocycles. The third-order valence-corrected chi connectivity index (χ3v) is 4.32. The third kappa shape index (κ3) is 4.37. The van der Waals surface area contributed by atoms with E-state index in [1.807, 2.05) is 6.92 Å². The van der Waals surface area contributed by atoms with Crippen molar-refractivity contribution in [2.45, 2.75) is 46.0 Å². The van der Waals surface area contributed by atoms with Crippen molar-refractivity contribution < 1.29 is 22.7 Å². The Morgan fingerprint density at radius 2 is 1.86 bits per heavy atom. The molecular formula is C20H22F3N3O2. The summed E-state index contributed by atoms with van der Waals surface area (Å²) in [6, 6.07) is 4.95. The van der Waals surface area contributed by atoms with Gasteiger partial charge in [0.2, 0.25) is 0 Å². The fraction of sp³-hybridized carbons (Fsp3) is 0.400. The molecule has 8 heteroatoms. The first kappa shape index (κ1) is 20.0. The lowest BCUT2D eigenvalue weighted by Crippen LogP contribution is -2.35. The number of carbonyl (C=O) groups is 1. The van der Waals surface area contributed by atoms with Crippen molar-refractivity contribution in [3.8, 4) is 11.1 Å². The topological polar surface area (TPSA) is 56.2 Å². The molecule has 3 rings (SSSR count). The summed E-state index contributed by atoms with van der Waals surface area (Å²) < 4.78 is 45.4. The highest BCUT2D eigenvalue weighted by molar-refractivity contribution is 5.77. The van der Waals surface area contributed by atoms with Gasteiger partial charge in [0, 0.05) is 23.7 Å². The number of hydrogen-bond acceptors (Lipinski definition) is 3. The molecule has 0 radical (unpaired) electrons. The van der Waals surface area contributed by atoms with Gasteiger partial charge in [-0.3, -0.25) is 10.00 Å². The highest BCUT2D eigenvalue weighted by atomic mass is 19.4. The molecule has 1 aromatic heterocycles. The molecule has 2 aromatic rings. The zero-order valence-corrected chi connectivity index (χ0v) is 16.1. The number of rotatable bonds is 2. The van der Waals surface area contributed by atoms with Crippen LogP contribution in [-0.2, 0) is 17.5 Å². The number of allylic oxidation sites excluding steroid dienone is 1. The first-order valence-electron chi connectivity index (χ1n) is 8.89. The summed E-state index contributed by atoms with van der Waals surface area (Å²) in [5.41, 5.74) is 1.41. The molecule has 1 aromatic carbocycles. The summed E-state index contributed by atoms with van der Waals surface area (Å²) in [5, 5.41) is 7.11. The molecule has 1 unspecified atom stereocenters. The first-order valence-corrected chi connectivity index (χ1v) is 8.89. The van der Waals surface area contributed by atoms with Gasteiger partial charge in [-0.2, -0.15) is 18.3 Å². The largest absolute Gasteiger partial charge is 0.444 e. The van der Waals surface area contributed by atoms with Crippen LogP contribution in [0.3, 0.4) is 0 Å². The summed E-state index contributed by atoms with van der Waals surface area (Å²) in [5.74, 6) is 0.000346. The van der Waals surface area contributed by atoms with Crippen LogP contribution < -0.4 is 5.32 Å². The number of nitrogens with one attached hydrogen (secondary N) is 1. The Bertz CT molecular complexity index is 906. The van der Waals surface area contributed by atoms with Crippen molar-refractivity contribution >= 4 is 12.2 Å². The lowest BCUT2D eigenvalue weighted by atomic mass is 9.99. The highest BCUT2D eigenvalue weighted by Crippen LogP contribution is 2.34. The molecule has 1 aliphatic rings. The average Bonchev–Trinajstić information content (AvgIpc) is 2.95. The van der Waals surface area contributed by atoms with E-state index in [4.69, 9.17) is 4.74 Å². The monoisotopic (exact) mass is 393 g/mol. The molecule has 1 amide bonds. The molecule has 0 aliphatic carbocycles. The first-order chi connectivity index (χ1) is 12.9. The van der Waals surface area contributed by atoms with Gasteiger partial charge in [-0.15, -0.1) is 0 Å². The molecule has 0 spiro atoms. The Morgan fingerprint density at radius 3 is 2.43 bits per heavy atom. The Kier molecular flexibility index (Phi) is 4.99. The molecule has 5 nitrogen and oxygen atoms in total. The predicted octanol–water partition coefficient (Wildman–Crippen LogP) is 5.08. The Morgan fingerprint density at radius 1 is 1.21 bits per heavy atom. The molecule has 0 saturated heterocycles. The van der Waals surface area contributed by atoms with Crippen LogP contribution in [0.4, 0.5) is 18.0 Å². The number of halogens is 3. The summed E-state index contributed by atoms with van der Waals surface area (Å²) in [6.45, 7) is 7.83. The lowest BCUT2D eigenvalue weighted by Gasteiger charge is -2.25. The van der Waals surface area contributed by atoms with Crippen molar-refractivity contribution in [1.82, 2.24) is 15.1 Å². The third-order valence-electron chi connectivity index (χ3n) is 4.32. The van der Waals surface area contributed by atoms with E-state index in [0.29, 0.717) is 23.4 Å². The number of nitrogens with zero attached hydrogens (tertiary/aromatic N) is 2. The standard InChI is InChI=1S/C20H22F3N3O2/c1-12-11-26-17(9-16(12)25-18(27)28-19(2,3)4)15(10-24-26)13-5-7-14(8-6-13)20(21,22)23/h5-10,12H,11H2,1-4H3,(H,25,27). The zero-order valence-electron chi connectivity index (χ0n) is 16.1. The van der Waals surface area contributed by atoms with E-state index in [2.05, 4.69) is 10.4 Å².